The lowest BCUT2D eigenvalue weighted by Gasteiger charge is -2.06. The van der Waals surface area contributed by atoms with Crippen molar-refractivity contribution in [1.29, 1.82) is 5.26 Å². The summed E-state index contributed by atoms with van der Waals surface area (Å²) in [6.45, 7) is 2.42. The van der Waals surface area contributed by atoms with E-state index in [4.69, 9.17) is 16.3 Å². The Morgan fingerprint density at radius 2 is 2.00 bits per heavy atom. The van der Waals surface area contributed by atoms with Crippen molar-refractivity contribution in [1.82, 2.24) is 0 Å². The summed E-state index contributed by atoms with van der Waals surface area (Å²) in [4.78, 5) is 0. The molecule has 0 spiro atoms. The molecule has 0 aliphatic heterocycles. The van der Waals surface area contributed by atoms with Gasteiger partial charge in [-0.3, -0.25) is 0 Å². The van der Waals surface area contributed by atoms with Gasteiger partial charge in [0.15, 0.2) is 0 Å². The molecule has 0 atom stereocenters. The zero-order valence-corrected chi connectivity index (χ0v) is 12.2. The number of allylic oxidation sites excluding steroid dienone is 1. The second-order valence-corrected chi connectivity index (χ2v) is 4.71. The minimum Gasteiger partial charge on any atom is -0.492 e. The lowest BCUT2D eigenvalue weighted by Crippen LogP contribution is -1.92. The summed E-state index contributed by atoms with van der Waals surface area (Å²) in [5.41, 5.74) is 1.88. The van der Waals surface area contributed by atoms with Gasteiger partial charge in [0, 0.05) is 0 Å². The largest absolute Gasteiger partial charge is 0.492 e. The second kappa shape index (κ2) is 6.92. The van der Waals surface area contributed by atoms with E-state index in [2.05, 4.69) is 6.07 Å². The average molecular weight is 302 g/mol. The molecule has 21 heavy (non-hydrogen) atoms. The number of ether oxygens (including phenoxy) is 1. The third kappa shape index (κ3) is 3.84. The van der Waals surface area contributed by atoms with Gasteiger partial charge in [-0.15, -0.1) is 0 Å². The van der Waals surface area contributed by atoms with E-state index in [-0.39, 0.29) is 5.82 Å². The monoisotopic (exact) mass is 301 g/mol. The number of nitrogens with zero attached hydrogens (tertiary/aromatic N) is 1. The van der Waals surface area contributed by atoms with Crippen LogP contribution in [0.15, 0.2) is 42.5 Å². The van der Waals surface area contributed by atoms with Crippen LogP contribution >= 0.6 is 11.6 Å². The highest BCUT2D eigenvalue weighted by molar-refractivity contribution is 6.32. The van der Waals surface area contributed by atoms with E-state index in [1.165, 1.54) is 12.1 Å². The third-order valence-corrected chi connectivity index (χ3v) is 3.14. The zero-order chi connectivity index (χ0) is 15.2. The molecule has 0 aliphatic carbocycles. The van der Waals surface area contributed by atoms with Crippen molar-refractivity contribution < 1.29 is 9.13 Å². The van der Waals surface area contributed by atoms with Gasteiger partial charge in [-0.2, -0.15) is 5.26 Å². The SMILES string of the molecule is CCOc1ccc(C=C(C#N)c2ccc(F)cc2)cc1Cl. The Balaban J connectivity index is 2.34. The normalized spacial score (nSPS) is 11.0. The Kier molecular flexibility index (Phi) is 4.97. The van der Waals surface area contributed by atoms with Gasteiger partial charge in [0.05, 0.1) is 23.3 Å². The summed E-state index contributed by atoms with van der Waals surface area (Å²) in [6.07, 6.45) is 1.70. The fraction of sp³-hybridized carbons (Fsp3) is 0.118. The minimum absolute atomic E-state index is 0.333. The summed E-state index contributed by atoms with van der Waals surface area (Å²) < 4.78 is 18.3. The lowest BCUT2D eigenvalue weighted by molar-refractivity contribution is 0.340. The molecule has 2 rings (SSSR count). The van der Waals surface area contributed by atoms with Gasteiger partial charge in [0.2, 0.25) is 0 Å². The molecule has 106 valence electrons. The van der Waals surface area contributed by atoms with Crippen LogP contribution < -0.4 is 4.74 Å². The molecule has 2 aromatic rings. The highest BCUT2D eigenvalue weighted by atomic mass is 35.5. The van der Waals surface area contributed by atoms with Crippen molar-refractivity contribution in [3.05, 3.63) is 64.4 Å². The van der Waals surface area contributed by atoms with Gasteiger partial charge in [0.25, 0.3) is 0 Å². The molecule has 0 unspecified atom stereocenters. The van der Waals surface area contributed by atoms with Gasteiger partial charge < -0.3 is 4.74 Å². The van der Waals surface area contributed by atoms with Crippen LogP contribution in [-0.4, -0.2) is 6.61 Å². The molecule has 0 fully saturated rings. The Bertz CT molecular complexity index is 702. The minimum atomic E-state index is -0.333. The van der Waals surface area contributed by atoms with E-state index in [0.717, 1.165) is 5.56 Å². The molecule has 4 heteroatoms. The Labute approximate surface area is 128 Å². The topological polar surface area (TPSA) is 33.0 Å². The summed E-state index contributed by atoms with van der Waals surface area (Å²) in [5.74, 6) is 0.275. The average Bonchev–Trinajstić information content (AvgIpc) is 2.48. The van der Waals surface area contributed by atoms with Crippen molar-refractivity contribution >= 4 is 23.3 Å². The van der Waals surface area contributed by atoms with Gasteiger partial charge in [-0.1, -0.05) is 29.8 Å². The van der Waals surface area contributed by atoms with E-state index < -0.39 is 0 Å². The van der Waals surface area contributed by atoms with Gasteiger partial charge in [-0.05, 0) is 48.4 Å². The molecule has 0 N–H and O–H groups in total. The summed E-state index contributed by atoms with van der Waals surface area (Å²) >= 11 is 6.11. The van der Waals surface area contributed by atoms with Crippen molar-refractivity contribution in [2.75, 3.05) is 6.61 Å². The maximum absolute atomic E-state index is 12.9. The highest BCUT2D eigenvalue weighted by Gasteiger charge is 2.04. The van der Waals surface area contributed by atoms with Crippen LogP contribution in [-0.2, 0) is 0 Å². The maximum Gasteiger partial charge on any atom is 0.137 e. The molecule has 0 saturated carbocycles. The molecule has 0 heterocycles. The van der Waals surface area contributed by atoms with Crippen LogP contribution in [0.25, 0.3) is 11.6 Å². The smallest absolute Gasteiger partial charge is 0.137 e. The lowest BCUT2D eigenvalue weighted by atomic mass is 10.0. The Morgan fingerprint density at radius 3 is 2.57 bits per heavy atom. The molecule has 0 aromatic heterocycles. The number of benzene rings is 2. The van der Waals surface area contributed by atoms with Crippen LogP contribution in [0.5, 0.6) is 5.75 Å². The van der Waals surface area contributed by atoms with Crippen molar-refractivity contribution in [3.63, 3.8) is 0 Å². The van der Waals surface area contributed by atoms with Crippen molar-refractivity contribution in [2.24, 2.45) is 0 Å². The molecular formula is C17H13ClFNO. The summed E-state index contributed by atoms with van der Waals surface area (Å²) in [6, 6.07) is 13.2. The van der Waals surface area contributed by atoms with Crippen molar-refractivity contribution in [2.45, 2.75) is 6.92 Å². The molecular weight excluding hydrogens is 289 g/mol. The first-order chi connectivity index (χ1) is 10.1. The first kappa shape index (κ1) is 15.1. The number of halogens is 2. The fourth-order valence-electron chi connectivity index (χ4n) is 1.86. The van der Waals surface area contributed by atoms with Crippen LogP contribution in [0.1, 0.15) is 18.1 Å². The molecule has 0 amide bonds. The van der Waals surface area contributed by atoms with Crippen LogP contribution in [0, 0.1) is 17.1 Å². The predicted molar refractivity (Wildman–Crippen MR) is 82.5 cm³/mol. The van der Waals surface area contributed by atoms with Crippen LogP contribution in [0.4, 0.5) is 4.39 Å². The van der Waals surface area contributed by atoms with Crippen molar-refractivity contribution in [3.8, 4) is 11.8 Å². The number of nitriles is 1. The zero-order valence-electron chi connectivity index (χ0n) is 11.4. The third-order valence-electron chi connectivity index (χ3n) is 2.84. The number of rotatable bonds is 4. The van der Waals surface area contributed by atoms with E-state index in [9.17, 15) is 9.65 Å². The second-order valence-electron chi connectivity index (χ2n) is 4.30. The highest BCUT2D eigenvalue weighted by Crippen LogP contribution is 2.27. The van der Waals surface area contributed by atoms with Gasteiger partial charge >= 0.3 is 0 Å². The predicted octanol–water partition coefficient (Wildman–Crippen LogP) is 4.94. The number of hydrogen-bond donors (Lipinski definition) is 0. The van der Waals surface area contributed by atoms with E-state index >= 15 is 0 Å². The summed E-state index contributed by atoms with van der Waals surface area (Å²) in [7, 11) is 0. The Morgan fingerprint density at radius 1 is 1.29 bits per heavy atom. The molecule has 0 aliphatic rings. The van der Waals surface area contributed by atoms with E-state index in [1.54, 1.807) is 30.3 Å². The van der Waals surface area contributed by atoms with E-state index in [1.807, 2.05) is 13.0 Å². The fourth-order valence-corrected chi connectivity index (χ4v) is 2.10. The van der Waals surface area contributed by atoms with Crippen LogP contribution in [0.2, 0.25) is 5.02 Å². The number of hydrogen-bond acceptors (Lipinski definition) is 2. The molecule has 0 bridgehead atoms. The standard InChI is InChI=1S/C17H13ClFNO/c1-2-21-17-8-3-12(10-16(17)18)9-14(11-20)13-4-6-15(19)7-5-13/h3-10H,2H2,1H3. The molecule has 0 saturated heterocycles. The Hall–Kier alpha value is -2.31. The van der Waals surface area contributed by atoms with E-state index in [0.29, 0.717) is 28.5 Å². The molecule has 0 radical (unpaired) electrons. The first-order valence-electron chi connectivity index (χ1n) is 6.44. The summed E-state index contributed by atoms with van der Waals surface area (Å²) in [5, 5.41) is 9.74. The molecule has 2 aromatic carbocycles. The quantitative estimate of drug-likeness (QED) is 0.592. The maximum atomic E-state index is 12.9. The van der Waals surface area contributed by atoms with Gasteiger partial charge in [0.1, 0.15) is 11.6 Å². The molecule has 2 nitrogen and oxygen atoms in total. The van der Waals surface area contributed by atoms with Gasteiger partial charge in [-0.25, -0.2) is 4.39 Å². The van der Waals surface area contributed by atoms with Crippen LogP contribution in [0.3, 0.4) is 0 Å². The first-order valence-corrected chi connectivity index (χ1v) is 6.82.